The zero-order chi connectivity index (χ0) is 18.2. The number of epoxide rings is 1. The van der Waals surface area contributed by atoms with Crippen LogP contribution in [0.25, 0.3) is 0 Å². The van der Waals surface area contributed by atoms with E-state index < -0.39 is 0 Å². The van der Waals surface area contributed by atoms with E-state index in [1.807, 2.05) is 6.92 Å². The van der Waals surface area contributed by atoms with Crippen LogP contribution in [0, 0.1) is 0 Å². The number of methoxy groups -OCH3 is 1. The summed E-state index contributed by atoms with van der Waals surface area (Å²) in [4.78, 5) is 11.2. The molecule has 0 aromatic rings. The van der Waals surface area contributed by atoms with Gasteiger partial charge in [0.1, 0.15) is 0 Å². The Morgan fingerprint density at radius 1 is 1.08 bits per heavy atom. The van der Waals surface area contributed by atoms with E-state index in [4.69, 9.17) is 4.74 Å². The van der Waals surface area contributed by atoms with E-state index >= 15 is 0 Å². The molecule has 3 heteroatoms. The first kappa shape index (κ1) is 20.7. The van der Waals surface area contributed by atoms with Crippen LogP contribution in [0.4, 0.5) is 0 Å². The summed E-state index contributed by atoms with van der Waals surface area (Å²) < 4.78 is 10.5. The molecule has 0 saturated carbocycles. The third-order valence-electron chi connectivity index (χ3n) is 4.63. The average molecular weight is 335 g/mol. The average Bonchev–Trinajstić information content (AvgIpc) is 3.15. The van der Waals surface area contributed by atoms with E-state index in [1.165, 1.54) is 18.3 Å². The number of carbonyl (C=O) groups is 1. The quantitative estimate of drug-likeness (QED) is 0.229. The molecule has 24 heavy (non-hydrogen) atoms. The van der Waals surface area contributed by atoms with Gasteiger partial charge in [-0.25, -0.2) is 4.79 Å². The van der Waals surface area contributed by atoms with Gasteiger partial charge in [0.2, 0.25) is 0 Å². The molecule has 0 aromatic heterocycles. The SMILES string of the molecule is COC(=O)/C=C(/C)CCC1OC1(C)CC/C=C(\C)CCC=C(C)C. The molecule has 0 N–H and O–H groups in total. The molecule has 0 aromatic carbocycles. The monoisotopic (exact) mass is 334 g/mol. The zero-order valence-corrected chi connectivity index (χ0v) is 16.3. The van der Waals surface area contributed by atoms with E-state index in [0.717, 1.165) is 44.1 Å². The predicted octanol–water partition coefficient (Wildman–Crippen LogP) is 5.52. The summed E-state index contributed by atoms with van der Waals surface area (Å²) >= 11 is 0. The molecule has 1 aliphatic heterocycles. The van der Waals surface area contributed by atoms with Crippen LogP contribution in [0.15, 0.2) is 34.9 Å². The van der Waals surface area contributed by atoms with E-state index in [9.17, 15) is 4.79 Å². The fourth-order valence-electron chi connectivity index (χ4n) is 2.86. The van der Waals surface area contributed by atoms with Gasteiger partial charge in [0, 0.05) is 6.08 Å². The van der Waals surface area contributed by atoms with E-state index in [-0.39, 0.29) is 11.6 Å². The molecular formula is C21H34O3. The fourth-order valence-corrected chi connectivity index (χ4v) is 2.86. The highest BCUT2D eigenvalue weighted by Crippen LogP contribution is 2.43. The number of hydrogen-bond acceptors (Lipinski definition) is 3. The lowest BCUT2D eigenvalue weighted by molar-refractivity contribution is -0.134. The normalized spacial score (nSPS) is 23.8. The Bertz CT molecular complexity index is 509. The predicted molar refractivity (Wildman–Crippen MR) is 99.9 cm³/mol. The first-order chi connectivity index (χ1) is 11.3. The van der Waals surface area contributed by atoms with Gasteiger partial charge in [0.15, 0.2) is 0 Å². The molecule has 0 radical (unpaired) electrons. The molecule has 1 fully saturated rings. The van der Waals surface area contributed by atoms with Gasteiger partial charge in [-0.2, -0.15) is 0 Å². The standard InChI is InChI=1S/C21H34O3/c1-16(2)9-7-10-17(3)11-8-14-21(5)19(24-21)13-12-18(4)15-20(22)23-6/h9,11,15,19H,7-8,10,12-14H2,1-6H3/b17-11+,18-15-. The summed E-state index contributed by atoms with van der Waals surface area (Å²) in [7, 11) is 1.41. The molecule has 1 rings (SSSR count). The Morgan fingerprint density at radius 2 is 1.79 bits per heavy atom. The van der Waals surface area contributed by atoms with E-state index in [0.29, 0.717) is 6.10 Å². The second-order valence-corrected chi connectivity index (χ2v) is 7.38. The van der Waals surface area contributed by atoms with Crippen molar-refractivity contribution in [2.45, 2.75) is 84.8 Å². The lowest BCUT2D eigenvalue weighted by Crippen LogP contribution is -2.09. The van der Waals surface area contributed by atoms with Crippen molar-refractivity contribution in [3.63, 3.8) is 0 Å². The Labute approximate surface area is 147 Å². The molecule has 2 unspecified atom stereocenters. The largest absolute Gasteiger partial charge is 0.466 e. The van der Waals surface area contributed by atoms with Crippen molar-refractivity contribution in [1.82, 2.24) is 0 Å². The molecule has 2 atom stereocenters. The molecule has 3 nitrogen and oxygen atoms in total. The van der Waals surface area contributed by atoms with Gasteiger partial charge in [0.05, 0.1) is 18.8 Å². The Kier molecular flexibility index (Phi) is 8.47. The lowest BCUT2D eigenvalue weighted by atomic mass is 9.96. The maximum Gasteiger partial charge on any atom is 0.330 e. The van der Waals surface area contributed by atoms with Gasteiger partial charge in [-0.3, -0.25) is 0 Å². The zero-order valence-electron chi connectivity index (χ0n) is 16.3. The number of rotatable bonds is 10. The third-order valence-corrected chi connectivity index (χ3v) is 4.63. The van der Waals surface area contributed by atoms with Crippen LogP contribution in [0.5, 0.6) is 0 Å². The maximum atomic E-state index is 11.2. The molecule has 0 spiro atoms. The van der Waals surface area contributed by atoms with Crippen LogP contribution in [0.3, 0.4) is 0 Å². The minimum absolute atomic E-state index is 0.0161. The van der Waals surface area contributed by atoms with Crippen LogP contribution < -0.4 is 0 Å². The van der Waals surface area contributed by atoms with E-state index in [2.05, 4.69) is 44.6 Å². The molecule has 0 aliphatic carbocycles. The summed E-state index contributed by atoms with van der Waals surface area (Å²) in [5.41, 5.74) is 3.92. The van der Waals surface area contributed by atoms with E-state index in [1.54, 1.807) is 6.08 Å². The molecule has 1 aliphatic rings. The summed E-state index contributed by atoms with van der Waals surface area (Å²) in [5.74, 6) is -0.277. The minimum atomic E-state index is -0.277. The van der Waals surface area contributed by atoms with Crippen molar-refractivity contribution in [3.8, 4) is 0 Å². The van der Waals surface area contributed by atoms with Gasteiger partial charge in [-0.15, -0.1) is 0 Å². The summed E-state index contributed by atoms with van der Waals surface area (Å²) in [5, 5.41) is 0. The molecule has 1 heterocycles. The second kappa shape index (κ2) is 9.83. The van der Waals surface area contributed by atoms with Crippen LogP contribution in [0.1, 0.15) is 73.1 Å². The van der Waals surface area contributed by atoms with Crippen LogP contribution in [0.2, 0.25) is 0 Å². The number of esters is 1. The van der Waals surface area contributed by atoms with Gasteiger partial charge in [0.25, 0.3) is 0 Å². The Hall–Kier alpha value is -1.35. The Morgan fingerprint density at radius 3 is 2.42 bits per heavy atom. The smallest absolute Gasteiger partial charge is 0.330 e. The number of carbonyl (C=O) groups excluding carboxylic acids is 1. The molecule has 0 amide bonds. The number of allylic oxidation sites excluding steroid dienone is 5. The van der Waals surface area contributed by atoms with Crippen molar-refractivity contribution < 1.29 is 14.3 Å². The number of ether oxygens (including phenoxy) is 2. The van der Waals surface area contributed by atoms with Gasteiger partial charge >= 0.3 is 5.97 Å². The second-order valence-electron chi connectivity index (χ2n) is 7.38. The Balaban J connectivity index is 2.26. The highest BCUT2D eigenvalue weighted by atomic mass is 16.6. The summed E-state index contributed by atoms with van der Waals surface area (Å²) in [6.07, 6.45) is 12.8. The highest BCUT2D eigenvalue weighted by molar-refractivity contribution is 5.82. The topological polar surface area (TPSA) is 38.8 Å². The first-order valence-electron chi connectivity index (χ1n) is 8.99. The summed E-state index contributed by atoms with van der Waals surface area (Å²) in [6.45, 7) is 10.7. The van der Waals surface area contributed by atoms with Gasteiger partial charge in [-0.1, -0.05) is 28.9 Å². The lowest BCUT2D eigenvalue weighted by Gasteiger charge is -2.06. The minimum Gasteiger partial charge on any atom is -0.466 e. The molecule has 136 valence electrons. The maximum absolute atomic E-state index is 11.2. The van der Waals surface area contributed by atoms with Crippen molar-refractivity contribution in [2.24, 2.45) is 0 Å². The fraction of sp³-hybridized carbons (Fsp3) is 0.667. The van der Waals surface area contributed by atoms with Crippen molar-refractivity contribution in [1.29, 1.82) is 0 Å². The van der Waals surface area contributed by atoms with Crippen LogP contribution >= 0.6 is 0 Å². The van der Waals surface area contributed by atoms with Crippen molar-refractivity contribution in [2.75, 3.05) is 7.11 Å². The highest BCUT2D eigenvalue weighted by Gasteiger charge is 2.50. The summed E-state index contributed by atoms with van der Waals surface area (Å²) in [6, 6.07) is 0. The molecule has 1 saturated heterocycles. The first-order valence-corrected chi connectivity index (χ1v) is 8.99. The number of hydrogen-bond donors (Lipinski definition) is 0. The van der Waals surface area contributed by atoms with Crippen LogP contribution in [-0.2, 0) is 14.3 Å². The van der Waals surface area contributed by atoms with Crippen molar-refractivity contribution >= 4 is 5.97 Å². The van der Waals surface area contributed by atoms with Gasteiger partial charge in [-0.05, 0) is 73.1 Å². The van der Waals surface area contributed by atoms with Gasteiger partial charge < -0.3 is 9.47 Å². The molecule has 0 bridgehead atoms. The van der Waals surface area contributed by atoms with Crippen LogP contribution in [-0.4, -0.2) is 24.8 Å². The third kappa shape index (κ3) is 7.96. The molecular weight excluding hydrogens is 300 g/mol. The van der Waals surface area contributed by atoms with Crippen molar-refractivity contribution in [3.05, 3.63) is 34.9 Å².